The number of hydrogen-bond acceptors (Lipinski definition) is 4. The van der Waals surface area contributed by atoms with Gasteiger partial charge in [-0.15, -0.1) is 0 Å². The largest absolute Gasteiger partial charge is 0.497 e. The van der Waals surface area contributed by atoms with Crippen molar-refractivity contribution in [2.24, 2.45) is 0 Å². The second kappa shape index (κ2) is 4.33. The zero-order valence-electron chi connectivity index (χ0n) is 8.93. The Kier molecular flexibility index (Phi) is 3.07. The van der Waals surface area contributed by atoms with Crippen LogP contribution in [0.5, 0.6) is 5.75 Å². The molecule has 1 N–H and O–H groups in total. The third kappa shape index (κ3) is 1.92. The van der Waals surface area contributed by atoms with Crippen LogP contribution >= 0.6 is 11.8 Å². The highest BCUT2D eigenvalue weighted by Crippen LogP contribution is 2.44. The maximum atomic E-state index is 9.01. The number of benzene rings is 1. The summed E-state index contributed by atoms with van der Waals surface area (Å²) in [7, 11) is 1.67. The molecule has 15 heavy (non-hydrogen) atoms. The number of fused-ring (bicyclic) bond motifs is 1. The Bertz CT molecular complexity index is 356. The van der Waals surface area contributed by atoms with Gasteiger partial charge in [0, 0.05) is 17.5 Å². The minimum absolute atomic E-state index is 0.182. The summed E-state index contributed by atoms with van der Waals surface area (Å²) >= 11 is 1.82. The first-order chi connectivity index (χ1) is 7.26. The van der Waals surface area contributed by atoms with E-state index in [9.17, 15) is 0 Å². The molecule has 1 heterocycles. The van der Waals surface area contributed by atoms with Crippen LogP contribution in [0.15, 0.2) is 23.1 Å². The van der Waals surface area contributed by atoms with E-state index in [2.05, 4.69) is 17.9 Å². The summed E-state index contributed by atoms with van der Waals surface area (Å²) < 4.78 is 5.20. The van der Waals surface area contributed by atoms with E-state index in [1.165, 1.54) is 10.6 Å². The van der Waals surface area contributed by atoms with Crippen LogP contribution < -0.4 is 9.64 Å². The third-order valence-corrected chi connectivity index (χ3v) is 3.75. The van der Waals surface area contributed by atoms with Crippen molar-refractivity contribution in [3.05, 3.63) is 18.2 Å². The van der Waals surface area contributed by atoms with Gasteiger partial charge in [0.25, 0.3) is 0 Å². The summed E-state index contributed by atoms with van der Waals surface area (Å²) in [5.74, 6) is 0.867. The van der Waals surface area contributed by atoms with Crippen molar-refractivity contribution in [2.45, 2.75) is 17.2 Å². The van der Waals surface area contributed by atoms with E-state index in [0.717, 1.165) is 5.75 Å². The molecule has 0 radical (unpaired) electrons. The van der Waals surface area contributed by atoms with Crippen LogP contribution in [0.2, 0.25) is 0 Å². The second-order valence-corrected chi connectivity index (χ2v) is 4.83. The molecule has 0 aliphatic carbocycles. The molecule has 0 fully saturated rings. The normalized spacial score (nSPS) is 19.1. The number of ether oxygens (including phenoxy) is 1. The number of thioether (sulfide) groups is 1. The predicted molar refractivity (Wildman–Crippen MR) is 62.7 cm³/mol. The number of rotatable bonds is 3. The highest BCUT2D eigenvalue weighted by molar-refractivity contribution is 8.00. The lowest BCUT2D eigenvalue weighted by atomic mass is 10.2. The van der Waals surface area contributed by atoms with Crippen LogP contribution in [0.1, 0.15) is 6.92 Å². The summed E-state index contributed by atoms with van der Waals surface area (Å²) in [5.41, 5.74) is 1.17. The van der Waals surface area contributed by atoms with Gasteiger partial charge in [-0.05, 0) is 19.1 Å². The van der Waals surface area contributed by atoms with Gasteiger partial charge in [0.05, 0.1) is 24.8 Å². The van der Waals surface area contributed by atoms with E-state index in [1.807, 2.05) is 23.9 Å². The molecule has 1 unspecified atom stereocenters. The fourth-order valence-corrected chi connectivity index (χ4v) is 2.96. The second-order valence-electron chi connectivity index (χ2n) is 3.47. The number of anilines is 1. The molecule has 0 saturated carbocycles. The number of aliphatic hydroxyl groups is 1. The van der Waals surface area contributed by atoms with Crippen molar-refractivity contribution < 1.29 is 9.84 Å². The van der Waals surface area contributed by atoms with Gasteiger partial charge in [0.1, 0.15) is 5.75 Å². The number of nitrogens with zero attached hydrogens (tertiary/aromatic N) is 1. The molecule has 0 aromatic heterocycles. The molecule has 2 rings (SSSR count). The van der Waals surface area contributed by atoms with Crippen LogP contribution in [0, 0.1) is 0 Å². The molecule has 0 bridgehead atoms. The monoisotopic (exact) mass is 225 g/mol. The van der Waals surface area contributed by atoms with Gasteiger partial charge in [-0.3, -0.25) is 0 Å². The Morgan fingerprint density at radius 2 is 2.33 bits per heavy atom. The molecule has 4 heteroatoms. The molecule has 1 aromatic carbocycles. The zero-order valence-corrected chi connectivity index (χ0v) is 9.75. The minimum atomic E-state index is 0.182. The number of hydrogen-bond donors (Lipinski definition) is 1. The van der Waals surface area contributed by atoms with Crippen LogP contribution in [-0.4, -0.2) is 30.7 Å². The number of aliphatic hydroxyl groups excluding tert-OH is 1. The fraction of sp³-hybridized carbons (Fsp3) is 0.455. The average Bonchev–Trinajstić information content (AvgIpc) is 2.55. The van der Waals surface area contributed by atoms with Crippen molar-refractivity contribution >= 4 is 17.4 Å². The lowest BCUT2D eigenvalue weighted by Crippen LogP contribution is -2.29. The fourth-order valence-electron chi connectivity index (χ4n) is 1.80. The maximum absolute atomic E-state index is 9.01. The Labute approximate surface area is 94.0 Å². The van der Waals surface area contributed by atoms with E-state index in [4.69, 9.17) is 9.84 Å². The Hall–Kier alpha value is -0.870. The van der Waals surface area contributed by atoms with Gasteiger partial charge in [-0.25, -0.2) is 0 Å². The van der Waals surface area contributed by atoms with E-state index < -0.39 is 0 Å². The molecule has 1 aliphatic rings. The van der Waals surface area contributed by atoms with Crippen molar-refractivity contribution in [3.8, 4) is 5.75 Å². The van der Waals surface area contributed by atoms with Crippen LogP contribution in [0.25, 0.3) is 0 Å². The van der Waals surface area contributed by atoms with Crippen LogP contribution in [0.4, 0.5) is 5.69 Å². The van der Waals surface area contributed by atoms with Gasteiger partial charge >= 0.3 is 0 Å². The molecule has 0 amide bonds. The van der Waals surface area contributed by atoms with Gasteiger partial charge < -0.3 is 14.7 Å². The lowest BCUT2D eigenvalue weighted by molar-refractivity contribution is 0.301. The van der Waals surface area contributed by atoms with Crippen molar-refractivity contribution in [2.75, 3.05) is 25.2 Å². The summed E-state index contributed by atoms with van der Waals surface area (Å²) in [6.45, 7) is 3.00. The number of β-amino-alcohol motifs (C(OH)–C–C–N with tert-alkyl or cyclic N) is 1. The molecule has 1 atom stereocenters. The first-order valence-corrected chi connectivity index (χ1v) is 5.86. The third-order valence-electron chi connectivity index (χ3n) is 2.55. The van der Waals surface area contributed by atoms with E-state index in [1.54, 1.807) is 7.11 Å². The van der Waals surface area contributed by atoms with Crippen molar-refractivity contribution in [3.63, 3.8) is 0 Å². The van der Waals surface area contributed by atoms with Gasteiger partial charge in [0.15, 0.2) is 0 Å². The standard InChI is InChI=1S/C11H15NO2S/c1-8-12(5-6-13)10-7-9(14-2)3-4-11(10)15-8/h3-4,7-8,13H,5-6H2,1-2H3. The summed E-state index contributed by atoms with van der Waals surface area (Å²) in [6.07, 6.45) is 0. The topological polar surface area (TPSA) is 32.7 Å². The highest BCUT2D eigenvalue weighted by Gasteiger charge is 2.26. The Morgan fingerprint density at radius 3 is 3.00 bits per heavy atom. The van der Waals surface area contributed by atoms with Crippen molar-refractivity contribution in [1.82, 2.24) is 0 Å². The van der Waals surface area contributed by atoms with Crippen LogP contribution in [-0.2, 0) is 0 Å². The van der Waals surface area contributed by atoms with E-state index in [-0.39, 0.29) is 6.61 Å². The van der Waals surface area contributed by atoms with Crippen molar-refractivity contribution in [1.29, 1.82) is 0 Å². The first-order valence-electron chi connectivity index (χ1n) is 4.98. The molecule has 0 spiro atoms. The van der Waals surface area contributed by atoms with Crippen LogP contribution in [0.3, 0.4) is 0 Å². The molecule has 3 nitrogen and oxygen atoms in total. The minimum Gasteiger partial charge on any atom is -0.497 e. The Balaban J connectivity index is 2.32. The highest BCUT2D eigenvalue weighted by atomic mass is 32.2. The molecule has 82 valence electrons. The Morgan fingerprint density at radius 1 is 1.53 bits per heavy atom. The van der Waals surface area contributed by atoms with E-state index in [0.29, 0.717) is 11.9 Å². The molecular weight excluding hydrogens is 210 g/mol. The molecule has 1 aromatic rings. The number of methoxy groups -OCH3 is 1. The summed E-state index contributed by atoms with van der Waals surface area (Å²) in [4.78, 5) is 3.46. The lowest BCUT2D eigenvalue weighted by Gasteiger charge is -2.22. The molecular formula is C11H15NO2S. The first kappa shape index (κ1) is 10.6. The predicted octanol–water partition coefficient (Wildman–Crippen LogP) is 1.95. The van der Waals surface area contributed by atoms with Gasteiger partial charge in [0.2, 0.25) is 0 Å². The zero-order chi connectivity index (χ0) is 10.8. The summed E-state index contributed by atoms with van der Waals surface area (Å²) in [5, 5.41) is 9.40. The quantitative estimate of drug-likeness (QED) is 0.852. The van der Waals surface area contributed by atoms with E-state index >= 15 is 0 Å². The molecule has 1 aliphatic heterocycles. The summed E-state index contributed by atoms with van der Waals surface area (Å²) in [6, 6.07) is 6.08. The van der Waals surface area contributed by atoms with Gasteiger partial charge in [-0.2, -0.15) is 0 Å². The smallest absolute Gasteiger partial charge is 0.121 e. The molecule has 0 saturated heterocycles. The SMILES string of the molecule is COc1ccc2c(c1)N(CCO)C(C)S2. The van der Waals surface area contributed by atoms with Gasteiger partial charge in [-0.1, -0.05) is 11.8 Å². The maximum Gasteiger partial charge on any atom is 0.121 e. The average molecular weight is 225 g/mol.